The fourth-order valence-corrected chi connectivity index (χ4v) is 4.67. The normalized spacial score (nSPS) is 15.2. The smallest absolute Gasteiger partial charge is 0.262 e. The summed E-state index contributed by atoms with van der Waals surface area (Å²) >= 11 is 0. The molecule has 0 atom stereocenters. The number of anilines is 1. The van der Waals surface area contributed by atoms with Crippen LogP contribution in [-0.2, 0) is 6.54 Å². The fraction of sp³-hybridized carbons (Fsp3) is 0.423. The number of rotatable bonds is 6. The van der Waals surface area contributed by atoms with Crippen molar-refractivity contribution in [2.24, 2.45) is 0 Å². The minimum absolute atomic E-state index is 0.0724. The van der Waals surface area contributed by atoms with Gasteiger partial charge in [0.25, 0.3) is 11.5 Å². The summed E-state index contributed by atoms with van der Waals surface area (Å²) in [6, 6.07) is 8.69. The Kier molecular flexibility index (Phi) is 6.58. The van der Waals surface area contributed by atoms with Gasteiger partial charge in [-0.2, -0.15) is 0 Å². The number of aromatic nitrogens is 2. The standard InChI is InChI=1S/C26H30N4O6/c1-4-7-30-25(32)18-15-22-23(36-13-12-35-22)16-19(18)27-26(30)29-10-8-28(9-11-29)24(31)17-5-6-20(33-2)21(14-17)34-3/h5-6,14-16H,4,7-13H2,1-3H3. The van der Waals surface area contributed by atoms with Crippen molar-refractivity contribution in [3.63, 3.8) is 0 Å². The van der Waals surface area contributed by atoms with Gasteiger partial charge in [-0.3, -0.25) is 14.2 Å². The Morgan fingerprint density at radius 1 is 0.972 bits per heavy atom. The maximum absolute atomic E-state index is 13.5. The lowest BCUT2D eigenvalue weighted by Gasteiger charge is -2.36. The molecule has 2 aliphatic heterocycles. The van der Waals surface area contributed by atoms with Crippen LogP contribution in [0.5, 0.6) is 23.0 Å². The van der Waals surface area contributed by atoms with Crippen LogP contribution in [0.4, 0.5) is 5.95 Å². The highest BCUT2D eigenvalue weighted by molar-refractivity contribution is 5.95. The van der Waals surface area contributed by atoms with Crippen molar-refractivity contribution in [3.05, 3.63) is 46.2 Å². The summed E-state index contributed by atoms with van der Waals surface area (Å²) in [7, 11) is 3.11. The second kappa shape index (κ2) is 9.96. The second-order valence-electron chi connectivity index (χ2n) is 8.73. The van der Waals surface area contributed by atoms with Crippen LogP contribution in [0.15, 0.2) is 35.1 Å². The molecule has 0 aliphatic carbocycles. The Balaban J connectivity index is 1.40. The van der Waals surface area contributed by atoms with Gasteiger partial charge in [-0.25, -0.2) is 4.98 Å². The lowest BCUT2D eigenvalue weighted by Crippen LogP contribution is -2.50. The molecule has 190 valence electrons. The zero-order chi connectivity index (χ0) is 25.2. The first-order chi connectivity index (χ1) is 17.5. The lowest BCUT2D eigenvalue weighted by atomic mass is 10.1. The van der Waals surface area contributed by atoms with Crippen molar-refractivity contribution in [3.8, 4) is 23.0 Å². The van der Waals surface area contributed by atoms with E-state index in [-0.39, 0.29) is 11.5 Å². The number of hydrogen-bond donors (Lipinski definition) is 0. The van der Waals surface area contributed by atoms with Crippen molar-refractivity contribution in [1.82, 2.24) is 14.5 Å². The molecule has 0 radical (unpaired) electrons. The van der Waals surface area contributed by atoms with E-state index in [9.17, 15) is 9.59 Å². The topological polar surface area (TPSA) is 95.4 Å². The molecule has 0 spiro atoms. The number of methoxy groups -OCH3 is 2. The first-order valence-electron chi connectivity index (χ1n) is 12.1. The lowest BCUT2D eigenvalue weighted by molar-refractivity contribution is 0.0745. The molecule has 0 bridgehead atoms. The van der Waals surface area contributed by atoms with Gasteiger partial charge in [-0.05, 0) is 30.7 Å². The Morgan fingerprint density at radius 3 is 2.33 bits per heavy atom. The predicted octanol–water partition coefficient (Wildman–Crippen LogP) is 2.56. The summed E-state index contributed by atoms with van der Waals surface area (Å²) in [5.41, 5.74) is 1.02. The molecule has 1 amide bonds. The van der Waals surface area contributed by atoms with Gasteiger partial charge in [-0.1, -0.05) is 6.92 Å². The third-order valence-electron chi connectivity index (χ3n) is 6.53. The number of nitrogens with zero attached hydrogens (tertiary/aromatic N) is 4. The maximum Gasteiger partial charge on any atom is 0.262 e. The minimum Gasteiger partial charge on any atom is -0.493 e. The van der Waals surface area contributed by atoms with Crippen molar-refractivity contribution >= 4 is 22.8 Å². The molecule has 10 nitrogen and oxygen atoms in total. The van der Waals surface area contributed by atoms with E-state index in [1.54, 1.807) is 49.1 Å². The molecule has 3 heterocycles. The molecule has 5 rings (SSSR count). The summed E-state index contributed by atoms with van der Waals surface area (Å²) in [6.45, 7) is 5.65. The number of hydrogen-bond acceptors (Lipinski definition) is 8. The molecule has 10 heteroatoms. The number of ether oxygens (including phenoxy) is 4. The monoisotopic (exact) mass is 494 g/mol. The molecule has 0 saturated carbocycles. The molecule has 0 N–H and O–H groups in total. The highest BCUT2D eigenvalue weighted by atomic mass is 16.6. The van der Waals surface area contributed by atoms with Crippen LogP contribution >= 0.6 is 0 Å². The van der Waals surface area contributed by atoms with Gasteiger partial charge in [0.1, 0.15) is 13.2 Å². The van der Waals surface area contributed by atoms with E-state index in [0.717, 1.165) is 6.42 Å². The molecule has 2 aliphatic rings. The molecule has 1 aromatic heterocycles. The Hall–Kier alpha value is -3.95. The number of carbonyl (C=O) groups is 1. The molecule has 36 heavy (non-hydrogen) atoms. The SMILES string of the molecule is CCCn1c(N2CCN(C(=O)c3ccc(OC)c(OC)c3)CC2)nc2cc3c(cc2c1=O)OCCO3. The van der Waals surface area contributed by atoms with Crippen LogP contribution < -0.4 is 29.4 Å². The zero-order valence-electron chi connectivity index (χ0n) is 20.8. The van der Waals surface area contributed by atoms with E-state index in [4.69, 9.17) is 23.9 Å². The predicted molar refractivity (Wildman–Crippen MR) is 135 cm³/mol. The highest BCUT2D eigenvalue weighted by Gasteiger charge is 2.26. The Bertz CT molecular complexity index is 1350. The third-order valence-corrected chi connectivity index (χ3v) is 6.53. The zero-order valence-corrected chi connectivity index (χ0v) is 20.8. The minimum atomic E-state index is -0.0994. The summed E-state index contributed by atoms with van der Waals surface area (Å²) in [5.74, 6) is 2.81. The van der Waals surface area contributed by atoms with Gasteiger partial charge >= 0.3 is 0 Å². The number of fused-ring (bicyclic) bond motifs is 2. The Labute approximate surface area is 208 Å². The number of carbonyl (C=O) groups excluding carboxylic acids is 1. The molecule has 0 unspecified atom stereocenters. The van der Waals surface area contributed by atoms with Crippen molar-refractivity contribution in [2.45, 2.75) is 19.9 Å². The average Bonchev–Trinajstić information content (AvgIpc) is 2.93. The third kappa shape index (κ3) is 4.27. The van der Waals surface area contributed by atoms with Crippen LogP contribution in [0, 0.1) is 0 Å². The van der Waals surface area contributed by atoms with Crippen molar-refractivity contribution in [2.75, 3.05) is 58.5 Å². The van der Waals surface area contributed by atoms with E-state index in [2.05, 4.69) is 4.90 Å². The van der Waals surface area contributed by atoms with Crippen LogP contribution in [0.1, 0.15) is 23.7 Å². The van der Waals surface area contributed by atoms with Crippen LogP contribution in [0.25, 0.3) is 10.9 Å². The fourth-order valence-electron chi connectivity index (χ4n) is 4.67. The Morgan fingerprint density at radius 2 is 1.67 bits per heavy atom. The van der Waals surface area contributed by atoms with Gasteiger partial charge in [0.05, 0.1) is 25.1 Å². The summed E-state index contributed by atoms with van der Waals surface area (Å²) in [5, 5.41) is 0.513. The van der Waals surface area contributed by atoms with Gasteiger partial charge < -0.3 is 28.7 Å². The highest BCUT2D eigenvalue weighted by Crippen LogP contribution is 2.34. The molecular weight excluding hydrogens is 464 g/mol. The maximum atomic E-state index is 13.5. The number of piperazine rings is 1. The molecular formula is C26H30N4O6. The van der Waals surface area contributed by atoms with Crippen LogP contribution in [0.3, 0.4) is 0 Å². The number of amides is 1. The largest absolute Gasteiger partial charge is 0.493 e. The first-order valence-corrected chi connectivity index (χ1v) is 12.1. The van der Waals surface area contributed by atoms with E-state index in [1.165, 1.54) is 0 Å². The first kappa shape index (κ1) is 23.8. The van der Waals surface area contributed by atoms with Gasteiger partial charge in [0, 0.05) is 44.4 Å². The number of benzene rings is 2. The van der Waals surface area contributed by atoms with Gasteiger partial charge in [-0.15, -0.1) is 0 Å². The van der Waals surface area contributed by atoms with E-state index >= 15 is 0 Å². The summed E-state index contributed by atoms with van der Waals surface area (Å²) < 4.78 is 23.7. The van der Waals surface area contributed by atoms with Gasteiger partial charge in [0.2, 0.25) is 5.95 Å². The molecule has 1 fully saturated rings. The summed E-state index contributed by atoms with van der Waals surface area (Å²) in [4.78, 5) is 35.4. The second-order valence-corrected chi connectivity index (χ2v) is 8.73. The van der Waals surface area contributed by atoms with E-state index in [0.29, 0.717) is 91.4 Å². The van der Waals surface area contributed by atoms with Crippen molar-refractivity contribution < 1.29 is 23.7 Å². The van der Waals surface area contributed by atoms with Gasteiger partial charge in [0.15, 0.2) is 23.0 Å². The molecule has 3 aromatic rings. The molecule has 2 aromatic carbocycles. The van der Waals surface area contributed by atoms with Crippen molar-refractivity contribution in [1.29, 1.82) is 0 Å². The van der Waals surface area contributed by atoms with E-state index in [1.807, 2.05) is 11.8 Å². The average molecular weight is 495 g/mol. The quantitative estimate of drug-likeness (QED) is 0.516. The summed E-state index contributed by atoms with van der Waals surface area (Å²) in [6.07, 6.45) is 0.794. The van der Waals surface area contributed by atoms with Crippen LogP contribution in [0.2, 0.25) is 0 Å². The van der Waals surface area contributed by atoms with Crippen LogP contribution in [-0.4, -0.2) is 74.0 Å². The molecule has 1 saturated heterocycles. The van der Waals surface area contributed by atoms with E-state index < -0.39 is 0 Å².